The number of halogens is 1. The van der Waals surface area contributed by atoms with Gasteiger partial charge in [-0.1, -0.05) is 6.07 Å². The molecule has 126 valence electrons. The number of carbonyl (C=O) groups excluding carboxylic acids is 1. The summed E-state index contributed by atoms with van der Waals surface area (Å²) < 4.78 is 43.6. The first-order valence-corrected chi connectivity index (χ1v) is 9.33. The van der Waals surface area contributed by atoms with Crippen LogP contribution in [0.3, 0.4) is 0 Å². The van der Waals surface area contributed by atoms with Crippen LogP contribution >= 0.6 is 0 Å². The van der Waals surface area contributed by atoms with Crippen LogP contribution < -0.4 is 9.62 Å². The highest BCUT2D eigenvalue weighted by molar-refractivity contribution is 7.92. The van der Waals surface area contributed by atoms with Crippen molar-refractivity contribution in [3.63, 3.8) is 0 Å². The van der Waals surface area contributed by atoms with Crippen LogP contribution in [0.25, 0.3) is 0 Å². The molecule has 0 unspecified atom stereocenters. The molecule has 0 radical (unpaired) electrons. The molecule has 2 aliphatic rings. The largest absolute Gasteiger partial charge is 0.378 e. The molecule has 1 heterocycles. The molecule has 1 aromatic rings. The lowest BCUT2D eigenvalue weighted by atomic mass is 9.76. The third-order valence-corrected chi connectivity index (χ3v) is 5.53. The van der Waals surface area contributed by atoms with Crippen LogP contribution in [-0.4, -0.2) is 45.9 Å². The SMILES string of the molecule is CS(=O)(=O)N(CC(=O)N[C@@H]1C[C@H]2OCC[C@@H]12)c1cccc(F)c1. The Morgan fingerprint density at radius 3 is 2.91 bits per heavy atom. The average molecular weight is 342 g/mol. The third kappa shape index (κ3) is 3.48. The van der Waals surface area contributed by atoms with Crippen molar-refractivity contribution in [2.45, 2.75) is 25.0 Å². The normalized spacial score (nSPS) is 26.3. The van der Waals surface area contributed by atoms with Gasteiger partial charge in [-0.2, -0.15) is 0 Å². The van der Waals surface area contributed by atoms with Gasteiger partial charge in [0.05, 0.1) is 18.0 Å². The molecule has 23 heavy (non-hydrogen) atoms. The molecule has 3 rings (SSSR count). The molecule has 1 aromatic carbocycles. The standard InChI is InChI=1S/C15H19FN2O4S/c1-23(20,21)18(11-4-2-3-10(16)7-11)9-15(19)17-13-8-14-12(13)5-6-22-14/h2-4,7,12-14H,5-6,8-9H2,1H3,(H,17,19)/t12-,13+,14+/m0/s1. The van der Waals surface area contributed by atoms with Gasteiger partial charge in [0.1, 0.15) is 12.4 Å². The zero-order valence-electron chi connectivity index (χ0n) is 12.7. The van der Waals surface area contributed by atoms with Gasteiger partial charge >= 0.3 is 0 Å². The van der Waals surface area contributed by atoms with Crippen molar-refractivity contribution in [3.05, 3.63) is 30.1 Å². The molecular weight excluding hydrogens is 323 g/mol. The summed E-state index contributed by atoms with van der Waals surface area (Å²) in [6.45, 7) is 0.345. The van der Waals surface area contributed by atoms with Gasteiger partial charge in [0, 0.05) is 18.6 Å². The van der Waals surface area contributed by atoms with E-state index in [9.17, 15) is 17.6 Å². The van der Waals surface area contributed by atoms with Crippen molar-refractivity contribution < 1.29 is 22.3 Å². The van der Waals surface area contributed by atoms with E-state index in [0.717, 1.165) is 29.5 Å². The Morgan fingerprint density at radius 1 is 1.48 bits per heavy atom. The molecule has 1 aliphatic carbocycles. The van der Waals surface area contributed by atoms with E-state index in [4.69, 9.17) is 4.74 Å². The summed E-state index contributed by atoms with van der Waals surface area (Å²) in [7, 11) is -3.69. The second-order valence-electron chi connectivity index (χ2n) is 6.02. The summed E-state index contributed by atoms with van der Waals surface area (Å²) in [4.78, 5) is 12.2. The van der Waals surface area contributed by atoms with Crippen molar-refractivity contribution in [2.24, 2.45) is 5.92 Å². The molecule has 1 amide bonds. The maximum Gasteiger partial charge on any atom is 0.241 e. The molecule has 1 saturated heterocycles. The molecule has 3 atom stereocenters. The highest BCUT2D eigenvalue weighted by Gasteiger charge is 2.45. The number of benzene rings is 1. The lowest BCUT2D eigenvalue weighted by molar-refractivity contribution is -0.122. The molecule has 6 nitrogen and oxygen atoms in total. The number of fused-ring (bicyclic) bond motifs is 1. The first-order chi connectivity index (χ1) is 10.8. The third-order valence-electron chi connectivity index (χ3n) is 4.39. The van der Waals surface area contributed by atoms with Crippen LogP contribution in [0, 0.1) is 11.7 Å². The number of hydrogen-bond acceptors (Lipinski definition) is 4. The number of hydrogen-bond donors (Lipinski definition) is 1. The maximum atomic E-state index is 13.3. The number of anilines is 1. The summed E-state index contributed by atoms with van der Waals surface area (Å²) in [6, 6.07) is 5.22. The van der Waals surface area contributed by atoms with E-state index in [1.165, 1.54) is 18.2 Å². The van der Waals surface area contributed by atoms with Crippen molar-refractivity contribution in [3.8, 4) is 0 Å². The minimum absolute atomic E-state index is 0.0314. The summed E-state index contributed by atoms with van der Waals surface area (Å²) in [5, 5.41) is 2.86. The second-order valence-corrected chi connectivity index (χ2v) is 7.93. The summed E-state index contributed by atoms with van der Waals surface area (Å²) in [5.41, 5.74) is 0.137. The fourth-order valence-electron chi connectivity index (χ4n) is 3.18. The van der Waals surface area contributed by atoms with E-state index in [1.807, 2.05) is 0 Å². The number of nitrogens with zero attached hydrogens (tertiary/aromatic N) is 1. The van der Waals surface area contributed by atoms with Gasteiger partial charge in [-0.3, -0.25) is 9.10 Å². The summed E-state index contributed by atoms with van der Waals surface area (Å²) in [6.07, 6.45) is 2.88. The van der Waals surface area contributed by atoms with Crippen LogP contribution in [0.5, 0.6) is 0 Å². The van der Waals surface area contributed by atoms with Gasteiger partial charge in [-0.15, -0.1) is 0 Å². The number of carbonyl (C=O) groups is 1. The Kier molecular flexibility index (Phi) is 4.29. The summed E-state index contributed by atoms with van der Waals surface area (Å²) in [5.74, 6) is -0.628. The van der Waals surface area contributed by atoms with Crippen molar-refractivity contribution in [1.29, 1.82) is 0 Å². The van der Waals surface area contributed by atoms with Gasteiger partial charge in [-0.05, 0) is 31.0 Å². The molecule has 1 aliphatic heterocycles. The fourth-order valence-corrected chi connectivity index (χ4v) is 4.03. The predicted molar refractivity (Wildman–Crippen MR) is 83.0 cm³/mol. The molecule has 2 fully saturated rings. The number of sulfonamides is 1. The quantitative estimate of drug-likeness (QED) is 0.862. The number of ether oxygens (including phenoxy) is 1. The van der Waals surface area contributed by atoms with Gasteiger partial charge in [0.15, 0.2) is 0 Å². The average Bonchev–Trinajstić information content (AvgIpc) is 2.82. The summed E-state index contributed by atoms with van der Waals surface area (Å²) >= 11 is 0. The van der Waals surface area contributed by atoms with E-state index in [-0.39, 0.29) is 24.4 Å². The Labute approximate surface area is 134 Å². The first kappa shape index (κ1) is 16.2. The first-order valence-electron chi connectivity index (χ1n) is 7.49. The van der Waals surface area contributed by atoms with E-state index >= 15 is 0 Å². The van der Waals surface area contributed by atoms with Crippen molar-refractivity contribution in [2.75, 3.05) is 23.7 Å². The van der Waals surface area contributed by atoms with Crippen LogP contribution in [0.15, 0.2) is 24.3 Å². The minimum atomic E-state index is -3.69. The van der Waals surface area contributed by atoms with Crippen LogP contribution in [-0.2, 0) is 19.6 Å². The molecule has 1 N–H and O–H groups in total. The van der Waals surface area contributed by atoms with E-state index < -0.39 is 21.7 Å². The molecule has 0 aromatic heterocycles. The number of nitrogens with one attached hydrogen (secondary N) is 1. The van der Waals surface area contributed by atoms with Crippen LogP contribution in [0.2, 0.25) is 0 Å². The van der Waals surface area contributed by atoms with E-state index in [0.29, 0.717) is 12.5 Å². The molecule has 8 heteroatoms. The monoisotopic (exact) mass is 342 g/mol. The highest BCUT2D eigenvalue weighted by atomic mass is 32.2. The molecule has 0 bridgehead atoms. The maximum absolute atomic E-state index is 13.3. The minimum Gasteiger partial charge on any atom is -0.378 e. The molecule has 0 spiro atoms. The van der Waals surface area contributed by atoms with Gasteiger partial charge in [0.25, 0.3) is 0 Å². The van der Waals surface area contributed by atoms with E-state index in [1.54, 1.807) is 0 Å². The Morgan fingerprint density at radius 2 is 2.26 bits per heavy atom. The molecular formula is C15H19FN2O4S. The van der Waals surface area contributed by atoms with Gasteiger partial charge < -0.3 is 10.1 Å². The Hall–Kier alpha value is -1.67. The van der Waals surface area contributed by atoms with Crippen LogP contribution in [0.4, 0.5) is 10.1 Å². The highest BCUT2D eigenvalue weighted by Crippen LogP contribution is 2.38. The van der Waals surface area contributed by atoms with Crippen molar-refractivity contribution >= 4 is 21.6 Å². The Bertz CT molecular complexity index is 709. The lowest BCUT2D eigenvalue weighted by Crippen LogP contribution is -2.55. The molecule has 1 saturated carbocycles. The second kappa shape index (κ2) is 6.09. The fraction of sp³-hybridized carbons (Fsp3) is 0.533. The number of rotatable bonds is 5. The topological polar surface area (TPSA) is 75.7 Å². The van der Waals surface area contributed by atoms with Gasteiger partial charge in [0.2, 0.25) is 15.9 Å². The smallest absolute Gasteiger partial charge is 0.241 e. The van der Waals surface area contributed by atoms with Crippen LogP contribution in [0.1, 0.15) is 12.8 Å². The van der Waals surface area contributed by atoms with Crippen molar-refractivity contribution in [1.82, 2.24) is 5.32 Å². The Balaban J connectivity index is 1.68. The zero-order chi connectivity index (χ0) is 16.6. The zero-order valence-corrected chi connectivity index (χ0v) is 13.6. The number of amides is 1. The van der Waals surface area contributed by atoms with E-state index in [2.05, 4.69) is 5.32 Å². The predicted octanol–water partition coefficient (Wildman–Crippen LogP) is 0.885. The van der Waals surface area contributed by atoms with Gasteiger partial charge in [-0.25, -0.2) is 12.8 Å². The lowest BCUT2D eigenvalue weighted by Gasteiger charge is -2.39.